The summed E-state index contributed by atoms with van der Waals surface area (Å²) in [6, 6.07) is 1.31. The van der Waals surface area contributed by atoms with Crippen LogP contribution in [0, 0.1) is 12.3 Å². The third-order valence-corrected chi connectivity index (χ3v) is 3.40. The number of aryl methyl sites for hydroxylation is 1. The lowest BCUT2D eigenvalue weighted by atomic mass is 9.74. The lowest BCUT2D eigenvalue weighted by Gasteiger charge is -2.39. The van der Waals surface area contributed by atoms with Gasteiger partial charge in [0.05, 0.1) is 5.41 Å². The van der Waals surface area contributed by atoms with E-state index in [-0.39, 0.29) is 5.56 Å². The maximum Gasteiger partial charge on any atom is 0.311 e. The van der Waals surface area contributed by atoms with Crippen molar-refractivity contribution >= 4 is 11.8 Å². The fourth-order valence-corrected chi connectivity index (χ4v) is 1.39. The number of nitrogens with zero attached hydrogens (tertiary/aromatic N) is 1. The van der Waals surface area contributed by atoms with Crippen LogP contribution in [0.3, 0.4) is 0 Å². The fourth-order valence-electron chi connectivity index (χ4n) is 1.39. The third kappa shape index (κ3) is 2.69. The zero-order chi connectivity index (χ0) is 14.1. The largest absolute Gasteiger partial charge is 0.481 e. The van der Waals surface area contributed by atoms with Crippen molar-refractivity contribution in [3.05, 3.63) is 22.2 Å². The zero-order valence-electron chi connectivity index (χ0n) is 11.3. The van der Waals surface area contributed by atoms with Gasteiger partial charge in [0.2, 0.25) is 0 Å². The van der Waals surface area contributed by atoms with Crippen molar-refractivity contribution in [3.8, 4) is 0 Å². The van der Waals surface area contributed by atoms with Crippen LogP contribution in [0.5, 0.6) is 0 Å². The van der Waals surface area contributed by atoms with Gasteiger partial charge in [-0.25, -0.2) is 4.98 Å². The SMILES string of the molecule is Cc1nc(NC(C)(C)C(C)(C)C(=O)O)cc(=O)[nH]1. The van der Waals surface area contributed by atoms with Crippen LogP contribution >= 0.6 is 0 Å². The summed E-state index contributed by atoms with van der Waals surface area (Å²) in [6.07, 6.45) is 0. The number of aromatic nitrogens is 2. The second-order valence-electron chi connectivity index (χ2n) is 5.40. The summed E-state index contributed by atoms with van der Waals surface area (Å²) < 4.78 is 0. The Morgan fingerprint density at radius 1 is 1.39 bits per heavy atom. The van der Waals surface area contributed by atoms with Crippen LogP contribution in [0.1, 0.15) is 33.5 Å². The van der Waals surface area contributed by atoms with E-state index >= 15 is 0 Å². The van der Waals surface area contributed by atoms with Gasteiger partial charge >= 0.3 is 5.97 Å². The molecule has 0 aliphatic rings. The van der Waals surface area contributed by atoms with E-state index in [1.807, 2.05) is 0 Å². The number of hydrogen-bond acceptors (Lipinski definition) is 4. The van der Waals surface area contributed by atoms with Crippen molar-refractivity contribution in [1.82, 2.24) is 9.97 Å². The Morgan fingerprint density at radius 2 is 1.94 bits per heavy atom. The molecule has 0 aliphatic carbocycles. The van der Waals surface area contributed by atoms with Crippen molar-refractivity contribution < 1.29 is 9.90 Å². The summed E-state index contributed by atoms with van der Waals surface area (Å²) >= 11 is 0. The van der Waals surface area contributed by atoms with E-state index in [9.17, 15) is 14.7 Å². The number of nitrogens with one attached hydrogen (secondary N) is 2. The topological polar surface area (TPSA) is 95.1 Å². The molecule has 0 aliphatic heterocycles. The Labute approximate surface area is 105 Å². The van der Waals surface area contributed by atoms with Crippen molar-refractivity contribution in [2.45, 2.75) is 40.2 Å². The number of carbonyl (C=O) groups is 1. The summed E-state index contributed by atoms with van der Waals surface area (Å²) in [5, 5.41) is 12.2. The minimum Gasteiger partial charge on any atom is -0.481 e. The monoisotopic (exact) mass is 253 g/mol. The first-order valence-electron chi connectivity index (χ1n) is 5.66. The molecule has 0 atom stereocenters. The molecule has 6 heteroatoms. The second kappa shape index (κ2) is 4.44. The van der Waals surface area contributed by atoms with E-state index in [1.54, 1.807) is 34.6 Å². The fraction of sp³-hybridized carbons (Fsp3) is 0.583. The molecule has 1 rings (SSSR count). The van der Waals surface area contributed by atoms with E-state index in [4.69, 9.17) is 0 Å². The van der Waals surface area contributed by atoms with Crippen LogP contribution in [0.25, 0.3) is 0 Å². The molecular weight excluding hydrogens is 234 g/mol. The highest BCUT2D eigenvalue weighted by atomic mass is 16.4. The Kier molecular flexibility index (Phi) is 3.50. The number of aliphatic carboxylic acids is 1. The summed E-state index contributed by atoms with van der Waals surface area (Å²) in [5.41, 5.74) is -2.04. The lowest BCUT2D eigenvalue weighted by molar-refractivity contribution is -0.149. The molecule has 0 radical (unpaired) electrons. The van der Waals surface area contributed by atoms with E-state index in [0.29, 0.717) is 11.6 Å². The van der Waals surface area contributed by atoms with Gasteiger partial charge in [0.15, 0.2) is 0 Å². The smallest absolute Gasteiger partial charge is 0.311 e. The second-order valence-corrected chi connectivity index (χ2v) is 5.40. The van der Waals surface area contributed by atoms with Gasteiger partial charge in [-0.15, -0.1) is 0 Å². The number of H-pyrrole nitrogens is 1. The maximum atomic E-state index is 11.3. The molecule has 18 heavy (non-hydrogen) atoms. The molecule has 0 aromatic carbocycles. The molecule has 0 spiro atoms. The Balaban J connectivity index is 3.09. The molecule has 0 saturated carbocycles. The minimum absolute atomic E-state index is 0.270. The number of hydrogen-bond donors (Lipinski definition) is 3. The first kappa shape index (κ1) is 14.2. The molecule has 0 bridgehead atoms. The highest BCUT2D eigenvalue weighted by Crippen LogP contribution is 2.33. The molecule has 1 heterocycles. The maximum absolute atomic E-state index is 11.3. The third-order valence-electron chi connectivity index (χ3n) is 3.40. The Morgan fingerprint density at radius 3 is 2.39 bits per heavy atom. The summed E-state index contributed by atoms with van der Waals surface area (Å²) in [5.74, 6) is -0.0638. The van der Waals surface area contributed by atoms with E-state index in [1.165, 1.54) is 6.07 Å². The normalized spacial score (nSPS) is 12.3. The van der Waals surface area contributed by atoms with Crippen molar-refractivity contribution in [3.63, 3.8) is 0 Å². The van der Waals surface area contributed by atoms with E-state index in [0.717, 1.165) is 0 Å². The number of carboxylic acids is 1. The molecule has 3 N–H and O–H groups in total. The van der Waals surface area contributed by atoms with Crippen LogP contribution in [0.4, 0.5) is 5.82 Å². The molecular formula is C12H19N3O3. The van der Waals surface area contributed by atoms with Gasteiger partial charge in [-0.1, -0.05) is 0 Å². The van der Waals surface area contributed by atoms with Gasteiger partial charge in [-0.2, -0.15) is 0 Å². The highest BCUT2D eigenvalue weighted by Gasteiger charge is 2.43. The average molecular weight is 253 g/mol. The van der Waals surface area contributed by atoms with Crippen LogP contribution in [-0.4, -0.2) is 26.6 Å². The Bertz CT molecular complexity index is 518. The van der Waals surface area contributed by atoms with Gasteiger partial charge < -0.3 is 15.4 Å². The van der Waals surface area contributed by atoms with Gasteiger partial charge in [-0.3, -0.25) is 9.59 Å². The minimum atomic E-state index is -1.01. The quantitative estimate of drug-likeness (QED) is 0.753. The van der Waals surface area contributed by atoms with Gasteiger partial charge in [0.1, 0.15) is 11.6 Å². The first-order valence-corrected chi connectivity index (χ1v) is 5.66. The van der Waals surface area contributed by atoms with E-state index in [2.05, 4.69) is 15.3 Å². The van der Waals surface area contributed by atoms with Crippen molar-refractivity contribution in [1.29, 1.82) is 0 Å². The average Bonchev–Trinajstić information content (AvgIpc) is 2.13. The first-order chi connectivity index (χ1) is 8.06. The summed E-state index contributed by atoms with van der Waals surface area (Å²) in [6.45, 7) is 8.45. The van der Waals surface area contributed by atoms with Crippen LogP contribution in [0.2, 0.25) is 0 Å². The molecule has 0 amide bonds. The van der Waals surface area contributed by atoms with Crippen molar-refractivity contribution in [2.75, 3.05) is 5.32 Å². The predicted octanol–water partition coefficient (Wildman–Crippen LogP) is 1.38. The standard InChI is InChI=1S/C12H19N3O3/c1-7-13-8(6-9(16)14-7)15-12(4,5)11(2,3)10(17)18/h6H,1-5H3,(H,17,18)(H2,13,14,15,16). The summed E-state index contributed by atoms with van der Waals surface area (Å²) in [4.78, 5) is 29.3. The lowest BCUT2D eigenvalue weighted by Crippen LogP contribution is -2.50. The highest BCUT2D eigenvalue weighted by molar-refractivity contribution is 5.76. The van der Waals surface area contributed by atoms with Gasteiger partial charge in [0, 0.05) is 11.6 Å². The zero-order valence-corrected chi connectivity index (χ0v) is 11.3. The number of aromatic amines is 1. The summed E-state index contributed by atoms with van der Waals surface area (Å²) in [7, 11) is 0. The molecule has 0 unspecified atom stereocenters. The van der Waals surface area contributed by atoms with Crippen molar-refractivity contribution in [2.24, 2.45) is 5.41 Å². The molecule has 1 aromatic rings. The van der Waals surface area contributed by atoms with Crippen LogP contribution < -0.4 is 10.9 Å². The molecule has 6 nitrogen and oxygen atoms in total. The molecule has 0 fully saturated rings. The predicted molar refractivity (Wildman–Crippen MR) is 68.7 cm³/mol. The number of rotatable bonds is 4. The molecule has 100 valence electrons. The number of carboxylic acid groups (broad SMARTS) is 1. The number of anilines is 1. The molecule has 0 saturated heterocycles. The van der Waals surface area contributed by atoms with E-state index < -0.39 is 16.9 Å². The Hall–Kier alpha value is -1.85. The van der Waals surface area contributed by atoms with Gasteiger partial charge in [0.25, 0.3) is 5.56 Å². The van der Waals surface area contributed by atoms with Crippen LogP contribution in [0.15, 0.2) is 10.9 Å². The van der Waals surface area contributed by atoms with Crippen LogP contribution in [-0.2, 0) is 4.79 Å². The molecule has 1 aromatic heterocycles. The van der Waals surface area contributed by atoms with Gasteiger partial charge in [-0.05, 0) is 34.6 Å².